The van der Waals surface area contributed by atoms with Crippen LogP contribution in [0.3, 0.4) is 0 Å². The first-order valence-corrected chi connectivity index (χ1v) is 8.69. The Morgan fingerprint density at radius 1 is 1.04 bits per heavy atom. The summed E-state index contributed by atoms with van der Waals surface area (Å²) in [4.78, 5) is 27.8. The Balaban J connectivity index is 1.98. The number of hydrogen-bond donors (Lipinski definition) is 0. The molecule has 27 heavy (non-hydrogen) atoms. The van der Waals surface area contributed by atoms with Crippen LogP contribution in [0.4, 0.5) is 0 Å². The first-order valence-electron chi connectivity index (χ1n) is 8.69. The molecule has 0 aliphatic carbocycles. The number of methoxy groups -OCH3 is 2. The summed E-state index contributed by atoms with van der Waals surface area (Å²) in [6.45, 7) is 2.32. The molecule has 1 aliphatic heterocycles. The topological polar surface area (TPSA) is 69.0 Å². The second-order valence-electron chi connectivity index (χ2n) is 6.28. The number of carbonyl (C=O) groups is 1. The van der Waals surface area contributed by atoms with Crippen molar-refractivity contribution in [1.29, 1.82) is 0 Å². The van der Waals surface area contributed by atoms with Crippen LogP contribution in [0, 0.1) is 0 Å². The molecule has 0 N–H and O–H groups in total. The van der Waals surface area contributed by atoms with Crippen molar-refractivity contribution in [2.45, 2.75) is 13.0 Å². The van der Waals surface area contributed by atoms with E-state index in [1.807, 2.05) is 13.0 Å². The molecular formula is C21H19NO5. The van der Waals surface area contributed by atoms with Gasteiger partial charge in [-0.25, -0.2) is 0 Å². The molecule has 0 radical (unpaired) electrons. The third kappa shape index (κ3) is 2.48. The van der Waals surface area contributed by atoms with Gasteiger partial charge >= 0.3 is 0 Å². The lowest BCUT2D eigenvalue weighted by Gasteiger charge is -2.24. The summed E-state index contributed by atoms with van der Waals surface area (Å²) < 4.78 is 16.5. The number of fused-ring (bicyclic) bond motifs is 2. The van der Waals surface area contributed by atoms with Gasteiger partial charge in [-0.05, 0) is 36.8 Å². The van der Waals surface area contributed by atoms with Crippen molar-refractivity contribution < 1.29 is 18.7 Å². The van der Waals surface area contributed by atoms with E-state index in [1.165, 1.54) is 0 Å². The van der Waals surface area contributed by atoms with Gasteiger partial charge in [0.25, 0.3) is 5.91 Å². The van der Waals surface area contributed by atoms with Gasteiger partial charge in [0.1, 0.15) is 5.58 Å². The molecule has 3 aromatic rings. The lowest BCUT2D eigenvalue weighted by atomic mass is 9.98. The third-order valence-electron chi connectivity index (χ3n) is 4.94. The van der Waals surface area contributed by atoms with Gasteiger partial charge < -0.3 is 18.8 Å². The van der Waals surface area contributed by atoms with Crippen molar-refractivity contribution in [3.8, 4) is 11.5 Å². The molecule has 1 unspecified atom stereocenters. The first kappa shape index (κ1) is 17.1. The van der Waals surface area contributed by atoms with Crippen LogP contribution in [0.2, 0.25) is 0 Å². The second-order valence-corrected chi connectivity index (χ2v) is 6.28. The second kappa shape index (κ2) is 6.46. The number of nitrogens with zero attached hydrogens (tertiary/aromatic N) is 1. The maximum Gasteiger partial charge on any atom is 0.290 e. The number of rotatable bonds is 4. The van der Waals surface area contributed by atoms with Crippen LogP contribution in [0.1, 0.15) is 34.6 Å². The van der Waals surface area contributed by atoms with E-state index >= 15 is 0 Å². The fraction of sp³-hybridized carbons (Fsp3) is 0.238. The summed E-state index contributed by atoms with van der Waals surface area (Å²) in [6.07, 6.45) is 0. The van der Waals surface area contributed by atoms with Crippen LogP contribution in [-0.2, 0) is 0 Å². The molecule has 6 heteroatoms. The molecule has 1 aliphatic rings. The smallest absolute Gasteiger partial charge is 0.290 e. The molecular weight excluding hydrogens is 346 g/mol. The minimum atomic E-state index is -0.529. The zero-order valence-corrected chi connectivity index (χ0v) is 15.3. The Morgan fingerprint density at radius 3 is 2.48 bits per heavy atom. The van der Waals surface area contributed by atoms with Gasteiger partial charge in [-0.15, -0.1) is 0 Å². The van der Waals surface area contributed by atoms with Crippen molar-refractivity contribution >= 4 is 16.9 Å². The Morgan fingerprint density at radius 2 is 1.78 bits per heavy atom. The highest BCUT2D eigenvalue weighted by Crippen LogP contribution is 2.40. The summed E-state index contributed by atoms with van der Waals surface area (Å²) >= 11 is 0. The summed E-state index contributed by atoms with van der Waals surface area (Å²) in [7, 11) is 3.11. The average molecular weight is 365 g/mol. The molecule has 0 saturated heterocycles. The van der Waals surface area contributed by atoms with E-state index < -0.39 is 6.04 Å². The number of amides is 1. The largest absolute Gasteiger partial charge is 0.493 e. The maximum atomic E-state index is 13.2. The molecule has 2 aromatic carbocycles. The van der Waals surface area contributed by atoms with Gasteiger partial charge in [0.2, 0.25) is 5.76 Å². The van der Waals surface area contributed by atoms with E-state index in [-0.39, 0.29) is 17.1 Å². The molecule has 0 fully saturated rings. The number of para-hydroxylation sites is 1. The van der Waals surface area contributed by atoms with E-state index in [0.717, 1.165) is 5.56 Å². The summed E-state index contributed by atoms with van der Waals surface area (Å²) in [5.41, 5.74) is 1.37. The number of benzene rings is 2. The minimum absolute atomic E-state index is 0.111. The van der Waals surface area contributed by atoms with Gasteiger partial charge in [0.05, 0.1) is 31.2 Å². The van der Waals surface area contributed by atoms with Crippen molar-refractivity contribution in [2.24, 2.45) is 0 Å². The first-order chi connectivity index (χ1) is 13.1. The van der Waals surface area contributed by atoms with Crippen molar-refractivity contribution in [3.63, 3.8) is 0 Å². The number of hydrogen-bond acceptors (Lipinski definition) is 5. The molecule has 2 heterocycles. The lowest BCUT2D eigenvalue weighted by molar-refractivity contribution is 0.0737. The highest BCUT2D eigenvalue weighted by Gasteiger charge is 2.42. The molecule has 138 valence electrons. The van der Waals surface area contributed by atoms with Gasteiger partial charge in [0.15, 0.2) is 16.9 Å². The van der Waals surface area contributed by atoms with Crippen molar-refractivity contribution in [2.75, 3.05) is 20.8 Å². The highest BCUT2D eigenvalue weighted by molar-refractivity contribution is 5.99. The van der Waals surface area contributed by atoms with E-state index in [4.69, 9.17) is 13.9 Å². The van der Waals surface area contributed by atoms with Crippen molar-refractivity contribution in [1.82, 2.24) is 4.90 Å². The minimum Gasteiger partial charge on any atom is -0.493 e. The van der Waals surface area contributed by atoms with E-state index in [2.05, 4.69) is 0 Å². The number of ether oxygens (including phenoxy) is 2. The molecule has 0 saturated carbocycles. The van der Waals surface area contributed by atoms with E-state index in [1.54, 1.807) is 55.5 Å². The van der Waals surface area contributed by atoms with Crippen LogP contribution in [-0.4, -0.2) is 31.6 Å². The predicted molar refractivity (Wildman–Crippen MR) is 101 cm³/mol. The molecule has 0 bridgehead atoms. The van der Waals surface area contributed by atoms with Gasteiger partial charge in [0, 0.05) is 6.54 Å². The molecule has 1 aromatic heterocycles. The Kier molecular flexibility index (Phi) is 4.11. The fourth-order valence-corrected chi connectivity index (χ4v) is 3.66. The molecule has 1 atom stereocenters. The maximum absolute atomic E-state index is 13.2. The number of carbonyl (C=O) groups excluding carboxylic acids is 1. The van der Waals surface area contributed by atoms with E-state index in [9.17, 15) is 9.59 Å². The molecule has 1 amide bonds. The van der Waals surface area contributed by atoms with Crippen LogP contribution >= 0.6 is 0 Å². The third-order valence-corrected chi connectivity index (χ3v) is 4.94. The van der Waals surface area contributed by atoms with Gasteiger partial charge in [-0.1, -0.05) is 18.2 Å². The van der Waals surface area contributed by atoms with Crippen LogP contribution < -0.4 is 14.9 Å². The summed E-state index contributed by atoms with van der Waals surface area (Å²) in [6, 6.07) is 11.8. The van der Waals surface area contributed by atoms with Gasteiger partial charge in [-0.2, -0.15) is 0 Å². The predicted octanol–water partition coefficient (Wildman–Crippen LogP) is 3.38. The summed E-state index contributed by atoms with van der Waals surface area (Å²) in [5, 5.41) is 0.465. The molecule has 4 rings (SSSR count). The zero-order valence-electron chi connectivity index (χ0n) is 15.3. The SMILES string of the molecule is CCN1C(=O)c2oc3ccccc3c(=O)c2C1c1ccc(OC)c(OC)c1. The monoisotopic (exact) mass is 365 g/mol. The van der Waals surface area contributed by atoms with Crippen LogP contribution in [0.15, 0.2) is 51.7 Å². The normalized spacial score (nSPS) is 15.9. The molecule has 0 spiro atoms. The average Bonchev–Trinajstić information content (AvgIpc) is 2.99. The Labute approximate surface area is 155 Å². The van der Waals surface area contributed by atoms with Gasteiger partial charge in [-0.3, -0.25) is 9.59 Å². The van der Waals surface area contributed by atoms with Crippen molar-refractivity contribution in [3.05, 3.63) is 69.6 Å². The fourth-order valence-electron chi connectivity index (χ4n) is 3.66. The zero-order chi connectivity index (χ0) is 19.1. The Bertz CT molecular complexity index is 1100. The highest BCUT2D eigenvalue weighted by atomic mass is 16.5. The summed E-state index contributed by atoms with van der Waals surface area (Å²) in [5.74, 6) is 0.951. The Hall–Kier alpha value is -3.28. The van der Waals surface area contributed by atoms with Crippen LogP contribution in [0.25, 0.3) is 11.0 Å². The standard InChI is InChI=1S/C21H19NO5/c1-4-22-18(12-9-10-15(25-2)16(11-12)26-3)17-19(23)13-7-5-6-8-14(13)27-20(17)21(22)24/h5-11,18H,4H2,1-3H3. The quantitative estimate of drug-likeness (QED) is 0.709. The van der Waals surface area contributed by atoms with Crippen LogP contribution in [0.5, 0.6) is 11.5 Å². The molecule has 6 nitrogen and oxygen atoms in total. The lowest BCUT2D eigenvalue weighted by Crippen LogP contribution is -2.29. The van der Waals surface area contributed by atoms with E-state index in [0.29, 0.717) is 34.6 Å².